The van der Waals surface area contributed by atoms with Crippen LogP contribution in [0.1, 0.15) is 5.56 Å². The van der Waals surface area contributed by atoms with Crippen LogP contribution in [0.4, 0.5) is 22.0 Å². The molecule has 3 nitrogen and oxygen atoms in total. The zero-order valence-electron chi connectivity index (χ0n) is 10.8. The smallest absolute Gasteiger partial charge is 0.339 e. The van der Waals surface area contributed by atoms with Crippen molar-refractivity contribution in [3.63, 3.8) is 0 Å². The van der Waals surface area contributed by atoms with E-state index < -0.39 is 49.8 Å². The molecule has 0 atom stereocenters. The molecule has 0 unspecified atom stereocenters. The lowest BCUT2D eigenvalue weighted by atomic mass is 10.2. The predicted molar refractivity (Wildman–Crippen MR) is 65.2 cm³/mol. The van der Waals surface area contributed by atoms with Gasteiger partial charge in [0.05, 0.1) is 0 Å². The number of hydrogen-bond donors (Lipinski definition) is 0. The fourth-order valence-electron chi connectivity index (χ4n) is 1.65. The summed E-state index contributed by atoms with van der Waals surface area (Å²) in [5, 5.41) is 0. The van der Waals surface area contributed by atoms with Crippen LogP contribution in [-0.2, 0) is 10.1 Å². The number of rotatable bonds is 3. The molecule has 0 heterocycles. The van der Waals surface area contributed by atoms with E-state index in [4.69, 9.17) is 0 Å². The summed E-state index contributed by atoms with van der Waals surface area (Å²) in [6.07, 6.45) is 0. The summed E-state index contributed by atoms with van der Waals surface area (Å²) in [5.74, 6) is -13.6. The topological polar surface area (TPSA) is 43.4 Å². The summed E-state index contributed by atoms with van der Waals surface area (Å²) in [5.41, 5.74) is 0.173. The third kappa shape index (κ3) is 2.63. The minimum absolute atomic E-state index is 0.173. The Hall–Kier alpha value is -2.16. The molecule has 9 heteroatoms. The van der Waals surface area contributed by atoms with E-state index in [1.165, 1.54) is 25.1 Å². The molecule has 0 aromatic heterocycles. The van der Waals surface area contributed by atoms with E-state index >= 15 is 0 Å². The summed E-state index contributed by atoms with van der Waals surface area (Å²) < 4.78 is 93.8. The zero-order chi connectivity index (χ0) is 16.7. The Bertz CT molecular complexity index is 820. The Morgan fingerprint density at radius 3 is 1.77 bits per heavy atom. The van der Waals surface area contributed by atoms with Gasteiger partial charge in [-0.3, -0.25) is 0 Å². The van der Waals surface area contributed by atoms with E-state index in [1.54, 1.807) is 0 Å². The van der Waals surface area contributed by atoms with Crippen LogP contribution in [-0.4, -0.2) is 8.42 Å². The Morgan fingerprint density at radius 2 is 1.27 bits per heavy atom. The van der Waals surface area contributed by atoms with Crippen LogP contribution >= 0.6 is 0 Å². The molecule has 118 valence electrons. The number of benzene rings is 2. The Kier molecular flexibility index (Phi) is 4.10. The van der Waals surface area contributed by atoms with Gasteiger partial charge in [0.1, 0.15) is 4.90 Å². The maximum Gasteiger partial charge on any atom is 0.339 e. The first-order valence-electron chi connectivity index (χ1n) is 5.68. The fourth-order valence-corrected chi connectivity index (χ4v) is 2.81. The molecular weight excluding hydrogens is 331 g/mol. The third-order valence-corrected chi connectivity index (χ3v) is 4.11. The second-order valence-electron chi connectivity index (χ2n) is 4.20. The normalized spacial score (nSPS) is 11.5. The van der Waals surface area contributed by atoms with Crippen LogP contribution < -0.4 is 4.18 Å². The van der Waals surface area contributed by atoms with E-state index in [9.17, 15) is 30.4 Å². The standard InChI is InChI=1S/C13H7F5O3S/c1-6-4-2-3-5-7(6)22(19,20)21-13-11(17)9(15)8(14)10(16)12(13)18/h2-5H,1H3. The minimum atomic E-state index is -4.77. The van der Waals surface area contributed by atoms with Crippen molar-refractivity contribution in [1.29, 1.82) is 0 Å². The lowest BCUT2D eigenvalue weighted by Crippen LogP contribution is -2.15. The van der Waals surface area contributed by atoms with Gasteiger partial charge in [-0.1, -0.05) is 18.2 Å². The number of aryl methyl sites for hydroxylation is 1. The van der Waals surface area contributed by atoms with Crippen molar-refractivity contribution in [2.45, 2.75) is 11.8 Å². The van der Waals surface area contributed by atoms with Crippen molar-refractivity contribution in [1.82, 2.24) is 0 Å². The molecular formula is C13H7F5O3S. The molecule has 0 saturated carbocycles. The van der Waals surface area contributed by atoms with Crippen LogP contribution in [0.2, 0.25) is 0 Å². The third-order valence-electron chi connectivity index (χ3n) is 2.73. The molecule has 2 rings (SSSR count). The minimum Gasteiger partial charge on any atom is -0.372 e. The van der Waals surface area contributed by atoms with Gasteiger partial charge < -0.3 is 4.18 Å². The molecule has 0 N–H and O–H groups in total. The number of hydrogen-bond acceptors (Lipinski definition) is 3. The molecule has 0 saturated heterocycles. The van der Waals surface area contributed by atoms with Gasteiger partial charge in [-0.05, 0) is 18.6 Å². The SMILES string of the molecule is Cc1ccccc1S(=O)(=O)Oc1c(F)c(F)c(F)c(F)c1F. The van der Waals surface area contributed by atoms with E-state index in [2.05, 4.69) is 4.18 Å². The summed E-state index contributed by atoms with van der Waals surface area (Å²) >= 11 is 0. The first-order valence-corrected chi connectivity index (χ1v) is 7.09. The van der Waals surface area contributed by atoms with Gasteiger partial charge in [0.25, 0.3) is 0 Å². The Balaban J connectivity index is 2.59. The van der Waals surface area contributed by atoms with Gasteiger partial charge >= 0.3 is 10.1 Å². The molecule has 0 aliphatic heterocycles. The second-order valence-corrected chi connectivity index (χ2v) is 5.72. The maximum atomic E-state index is 13.4. The Morgan fingerprint density at radius 1 is 0.818 bits per heavy atom. The predicted octanol–water partition coefficient (Wildman–Crippen LogP) is 3.46. The van der Waals surface area contributed by atoms with Crippen molar-refractivity contribution in [3.8, 4) is 5.75 Å². The van der Waals surface area contributed by atoms with Gasteiger partial charge in [0.2, 0.25) is 34.8 Å². The molecule has 0 radical (unpaired) electrons. The van der Waals surface area contributed by atoms with E-state index in [1.807, 2.05) is 0 Å². The summed E-state index contributed by atoms with van der Waals surface area (Å²) in [6.45, 7) is 1.37. The molecule has 2 aromatic carbocycles. The quantitative estimate of drug-likeness (QED) is 0.373. The fraction of sp³-hybridized carbons (Fsp3) is 0.0769. The van der Waals surface area contributed by atoms with Gasteiger partial charge in [0.15, 0.2) is 0 Å². The van der Waals surface area contributed by atoms with Crippen LogP contribution in [0.25, 0.3) is 0 Å². The van der Waals surface area contributed by atoms with Crippen molar-refractivity contribution in [2.75, 3.05) is 0 Å². The van der Waals surface area contributed by atoms with Gasteiger partial charge in [-0.2, -0.15) is 17.2 Å². The molecule has 0 aliphatic rings. The van der Waals surface area contributed by atoms with Gasteiger partial charge in [-0.25, -0.2) is 13.2 Å². The summed E-state index contributed by atoms with van der Waals surface area (Å²) in [6, 6.07) is 5.24. The molecule has 22 heavy (non-hydrogen) atoms. The highest BCUT2D eigenvalue weighted by molar-refractivity contribution is 7.87. The average molecular weight is 338 g/mol. The van der Waals surface area contributed by atoms with Gasteiger partial charge in [0, 0.05) is 0 Å². The number of halogens is 5. The molecule has 2 aromatic rings. The van der Waals surface area contributed by atoms with E-state index in [-0.39, 0.29) is 5.56 Å². The van der Waals surface area contributed by atoms with Gasteiger partial charge in [-0.15, -0.1) is 0 Å². The van der Waals surface area contributed by atoms with Crippen LogP contribution in [0.15, 0.2) is 29.2 Å². The van der Waals surface area contributed by atoms with E-state index in [0.717, 1.165) is 6.07 Å². The summed E-state index contributed by atoms with van der Waals surface area (Å²) in [4.78, 5) is -0.459. The largest absolute Gasteiger partial charge is 0.372 e. The second kappa shape index (κ2) is 5.56. The summed E-state index contributed by atoms with van der Waals surface area (Å²) in [7, 11) is -4.77. The highest BCUT2D eigenvalue weighted by Crippen LogP contribution is 2.31. The van der Waals surface area contributed by atoms with Crippen LogP contribution in [0, 0.1) is 36.0 Å². The highest BCUT2D eigenvalue weighted by atomic mass is 32.2. The average Bonchev–Trinajstić information content (AvgIpc) is 2.48. The van der Waals surface area contributed by atoms with E-state index in [0.29, 0.717) is 0 Å². The lowest BCUT2D eigenvalue weighted by molar-refractivity contribution is 0.346. The van der Waals surface area contributed by atoms with Crippen molar-refractivity contribution < 1.29 is 34.6 Å². The zero-order valence-corrected chi connectivity index (χ0v) is 11.6. The lowest BCUT2D eigenvalue weighted by Gasteiger charge is -2.11. The first kappa shape index (κ1) is 16.2. The van der Waals surface area contributed by atoms with Crippen molar-refractivity contribution in [2.24, 2.45) is 0 Å². The molecule has 0 aliphatic carbocycles. The highest BCUT2D eigenvalue weighted by Gasteiger charge is 2.31. The first-order chi connectivity index (χ1) is 10.2. The van der Waals surface area contributed by atoms with Crippen molar-refractivity contribution >= 4 is 10.1 Å². The monoisotopic (exact) mass is 338 g/mol. The molecule has 0 fully saturated rings. The van der Waals surface area contributed by atoms with Crippen molar-refractivity contribution in [3.05, 3.63) is 58.9 Å². The molecule has 0 bridgehead atoms. The molecule has 0 spiro atoms. The van der Waals surface area contributed by atoms with Crippen LogP contribution in [0.3, 0.4) is 0 Å². The molecule has 0 amide bonds. The Labute approximate surface area is 122 Å². The van der Waals surface area contributed by atoms with Crippen LogP contribution in [0.5, 0.6) is 5.75 Å². The maximum absolute atomic E-state index is 13.4.